The van der Waals surface area contributed by atoms with Crippen LogP contribution in [0.25, 0.3) is 0 Å². The van der Waals surface area contributed by atoms with Crippen molar-refractivity contribution in [2.45, 2.75) is 6.92 Å². The largest absolute Gasteiger partial charge is 0.478 e. The molecule has 1 aromatic carbocycles. The molecule has 0 aliphatic heterocycles. The fourth-order valence-electron chi connectivity index (χ4n) is 1.50. The number of anilines is 1. The van der Waals surface area contributed by atoms with Gasteiger partial charge in [-0.1, -0.05) is 16.8 Å². The second-order valence-electron chi connectivity index (χ2n) is 3.78. The molecule has 0 radical (unpaired) electrons. The van der Waals surface area contributed by atoms with Gasteiger partial charge in [0.25, 0.3) is 5.91 Å². The van der Waals surface area contributed by atoms with Gasteiger partial charge in [-0.25, -0.2) is 4.79 Å². The van der Waals surface area contributed by atoms with Crippen molar-refractivity contribution in [2.24, 2.45) is 0 Å². The van der Waals surface area contributed by atoms with Crippen LogP contribution in [-0.4, -0.2) is 22.1 Å². The molecule has 0 saturated carbocycles. The zero-order valence-corrected chi connectivity index (χ0v) is 10.6. The molecule has 0 atom stereocenters. The molecule has 0 unspecified atom stereocenters. The molecule has 0 aliphatic rings. The van der Waals surface area contributed by atoms with E-state index in [2.05, 4.69) is 10.5 Å². The first kappa shape index (κ1) is 13.1. The zero-order valence-electron chi connectivity index (χ0n) is 9.81. The quantitative estimate of drug-likeness (QED) is 0.901. The third-order valence-corrected chi connectivity index (χ3v) is 2.62. The number of carboxylic acids is 1. The van der Waals surface area contributed by atoms with E-state index in [1.165, 1.54) is 24.4 Å². The van der Waals surface area contributed by atoms with E-state index in [0.717, 1.165) is 0 Å². The van der Waals surface area contributed by atoms with Crippen molar-refractivity contribution in [1.82, 2.24) is 5.16 Å². The molecule has 19 heavy (non-hydrogen) atoms. The summed E-state index contributed by atoms with van der Waals surface area (Å²) < 4.78 is 4.78. The molecule has 6 nitrogen and oxygen atoms in total. The Morgan fingerprint density at radius 3 is 2.68 bits per heavy atom. The molecule has 0 bridgehead atoms. The maximum atomic E-state index is 11.9. The van der Waals surface area contributed by atoms with Crippen LogP contribution < -0.4 is 5.32 Å². The van der Waals surface area contributed by atoms with E-state index >= 15 is 0 Å². The Bertz CT molecular complexity index is 651. The number of aryl methyl sites for hydroxylation is 1. The summed E-state index contributed by atoms with van der Waals surface area (Å²) in [7, 11) is 0. The number of hydrogen-bond acceptors (Lipinski definition) is 4. The number of amides is 1. The number of benzene rings is 1. The number of carbonyl (C=O) groups excluding carboxylic acids is 1. The van der Waals surface area contributed by atoms with Gasteiger partial charge in [-0.15, -0.1) is 0 Å². The van der Waals surface area contributed by atoms with E-state index in [4.69, 9.17) is 21.2 Å². The molecule has 2 N–H and O–H groups in total. The van der Waals surface area contributed by atoms with Crippen LogP contribution in [0.5, 0.6) is 0 Å². The minimum atomic E-state index is -1.13. The summed E-state index contributed by atoms with van der Waals surface area (Å²) in [6.07, 6.45) is 1.29. The summed E-state index contributed by atoms with van der Waals surface area (Å²) in [5, 5.41) is 15.1. The molecule has 1 aromatic heterocycles. The Balaban J connectivity index is 2.26. The van der Waals surface area contributed by atoms with Crippen LogP contribution in [-0.2, 0) is 0 Å². The predicted molar refractivity (Wildman–Crippen MR) is 67.6 cm³/mol. The van der Waals surface area contributed by atoms with Crippen LogP contribution >= 0.6 is 11.6 Å². The van der Waals surface area contributed by atoms with Gasteiger partial charge in [0, 0.05) is 10.7 Å². The molecular weight excluding hydrogens is 272 g/mol. The number of nitrogens with zero attached hydrogens (tertiary/aromatic N) is 1. The smallest absolute Gasteiger partial charge is 0.335 e. The van der Waals surface area contributed by atoms with Gasteiger partial charge in [-0.05, 0) is 25.1 Å². The van der Waals surface area contributed by atoms with E-state index in [9.17, 15) is 9.59 Å². The molecule has 1 amide bonds. The molecule has 2 aromatic rings. The van der Waals surface area contributed by atoms with Crippen LogP contribution in [0.15, 0.2) is 28.9 Å². The number of aromatic carboxylic acids is 1. The number of carbonyl (C=O) groups is 2. The van der Waals surface area contributed by atoms with Crippen molar-refractivity contribution in [3.8, 4) is 0 Å². The number of carboxylic acid groups (broad SMARTS) is 1. The Hall–Kier alpha value is -2.34. The monoisotopic (exact) mass is 280 g/mol. The average Bonchev–Trinajstić information content (AvgIpc) is 2.74. The van der Waals surface area contributed by atoms with Crippen molar-refractivity contribution < 1.29 is 19.2 Å². The van der Waals surface area contributed by atoms with E-state index in [0.29, 0.717) is 5.76 Å². The topological polar surface area (TPSA) is 92.4 Å². The fourth-order valence-corrected chi connectivity index (χ4v) is 1.74. The first-order valence-corrected chi connectivity index (χ1v) is 5.61. The molecule has 7 heteroatoms. The number of halogens is 1. The molecule has 0 saturated heterocycles. The van der Waals surface area contributed by atoms with E-state index in [-0.39, 0.29) is 21.8 Å². The Kier molecular flexibility index (Phi) is 3.52. The maximum absolute atomic E-state index is 11.9. The highest BCUT2D eigenvalue weighted by Gasteiger charge is 2.14. The lowest BCUT2D eigenvalue weighted by molar-refractivity contribution is 0.0696. The fraction of sp³-hybridized carbons (Fsp3) is 0.0833. The summed E-state index contributed by atoms with van der Waals surface area (Å²) in [6.45, 7) is 1.60. The zero-order chi connectivity index (χ0) is 14.0. The van der Waals surface area contributed by atoms with Gasteiger partial charge >= 0.3 is 5.97 Å². The van der Waals surface area contributed by atoms with E-state index < -0.39 is 11.9 Å². The molecule has 98 valence electrons. The highest BCUT2D eigenvalue weighted by molar-refractivity contribution is 6.31. The van der Waals surface area contributed by atoms with Gasteiger partial charge in [0.1, 0.15) is 11.3 Å². The standard InChI is InChI=1S/C12H9ClN2O4/c1-6-10(5-14-19-6)11(16)15-9-3-7(12(17)18)2-8(13)4-9/h2-5H,1H3,(H,15,16)(H,17,18). The molecule has 1 heterocycles. The third-order valence-electron chi connectivity index (χ3n) is 2.40. The van der Waals surface area contributed by atoms with Crippen LogP contribution in [0.3, 0.4) is 0 Å². The molecular formula is C12H9ClN2O4. The lowest BCUT2D eigenvalue weighted by Crippen LogP contribution is -2.12. The normalized spacial score (nSPS) is 10.2. The van der Waals surface area contributed by atoms with Gasteiger partial charge in [0.05, 0.1) is 11.8 Å². The molecule has 0 fully saturated rings. The second kappa shape index (κ2) is 5.11. The van der Waals surface area contributed by atoms with Gasteiger partial charge in [-0.3, -0.25) is 4.79 Å². The summed E-state index contributed by atoms with van der Waals surface area (Å²) in [5.41, 5.74) is 0.553. The summed E-state index contributed by atoms with van der Waals surface area (Å²) >= 11 is 5.79. The van der Waals surface area contributed by atoms with Crippen molar-refractivity contribution in [1.29, 1.82) is 0 Å². The number of rotatable bonds is 3. The second-order valence-corrected chi connectivity index (χ2v) is 4.22. The lowest BCUT2D eigenvalue weighted by Gasteiger charge is -2.06. The SMILES string of the molecule is Cc1oncc1C(=O)Nc1cc(Cl)cc(C(=O)O)c1. The Morgan fingerprint density at radius 1 is 1.37 bits per heavy atom. The first-order valence-electron chi connectivity index (χ1n) is 5.24. The summed E-state index contributed by atoms with van der Waals surface area (Å²) in [5.74, 6) is -1.20. The molecule has 2 rings (SSSR count). The molecule has 0 spiro atoms. The van der Waals surface area contributed by atoms with Gasteiger partial charge in [0.2, 0.25) is 0 Å². The minimum Gasteiger partial charge on any atom is -0.478 e. The van der Waals surface area contributed by atoms with Crippen LogP contribution in [0, 0.1) is 6.92 Å². The van der Waals surface area contributed by atoms with Crippen molar-refractivity contribution in [3.63, 3.8) is 0 Å². The number of aromatic nitrogens is 1. The lowest BCUT2D eigenvalue weighted by atomic mass is 10.2. The van der Waals surface area contributed by atoms with Crippen molar-refractivity contribution >= 4 is 29.2 Å². The summed E-state index contributed by atoms with van der Waals surface area (Å²) in [6, 6.07) is 4.06. The maximum Gasteiger partial charge on any atom is 0.335 e. The van der Waals surface area contributed by atoms with Gasteiger partial charge < -0.3 is 14.9 Å². The van der Waals surface area contributed by atoms with Crippen LogP contribution in [0.1, 0.15) is 26.5 Å². The first-order chi connectivity index (χ1) is 8.97. The predicted octanol–water partition coefficient (Wildman–Crippen LogP) is 2.59. The Morgan fingerprint density at radius 2 is 2.11 bits per heavy atom. The van der Waals surface area contributed by atoms with Gasteiger partial charge in [0.15, 0.2) is 0 Å². The minimum absolute atomic E-state index is 0.00941. The number of nitrogens with one attached hydrogen (secondary N) is 1. The van der Waals surface area contributed by atoms with Crippen molar-refractivity contribution in [3.05, 3.63) is 46.3 Å². The van der Waals surface area contributed by atoms with Crippen molar-refractivity contribution in [2.75, 3.05) is 5.32 Å². The third kappa shape index (κ3) is 2.92. The van der Waals surface area contributed by atoms with Crippen LogP contribution in [0.2, 0.25) is 5.02 Å². The molecule has 0 aliphatic carbocycles. The van der Waals surface area contributed by atoms with Gasteiger partial charge in [-0.2, -0.15) is 0 Å². The van der Waals surface area contributed by atoms with Crippen LogP contribution in [0.4, 0.5) is 5.69 Å². The van der Waals surface area contributed by atoms with E-state index in [1.54, 1.807) is 6.92 Å². The average molecular weight is 281 g/mol. The highest BCUT2D eigenvalue weighted by atomic mass is 35.5. The highest BCUT2D eigenvalue weighted by Crippen LogP contribution is 2.20. The summed E-state index contributed by atoms with van der Waals surface area (Å²) in [4.78, 5) is 22.8. The Labute approximate surface area is 113 Å². The van der Waals surface area contributed by atoms with E-state index in [1.807, 2.05) is 0 Å². The number of hydrogen-bond donors (Lipinski definition) is 2.